The van der Waals surface area contributed by atoms with Crippen LogP contribution in [0.4, 0.5) is 13.2 Å². The Morgan fingerprint density at radius 3 is 2.19 bits per heavy atom. The molecule has 1 aliphatic heterocycles. The smallest absolute Gasteiger partial charge is 0.317 e. The van der Waals surface area contributed by atoms with Crippen LogP contribution in [-0.2, 0) is 0 Å². The molecule has 1 saturated heterocycles. The lowest BCUT2D eigenvalue weighted by atomic mass is 10.2. The molecule has 1 heterocycles. The van der Waals surface area contributed by atoms with Crippen molar-refractivity contribution in [1.29, 1.82) is 0 Å². The number of nitrogens with one attached hydrogen (secondary N) is 1. The third-order valence-corrected chi connectivity index (χ3v) is 2.84. The Morgan fingerprint density at radius 2 is 1.62 bits per heavy atom. The van der Waals surface area contributed by atoms with E-state index in [0.717, 1.165) is 45.6 Å². The summed E-state index contributed by atoms with van der Waals surface area (Å²) in [4.78, 5) is 2.29. The first kappa shape index (κ1) is 13.8. The lowest BCUT2D eigenvalue weighted by Crippen LogP contribution is -2.34. The lowest BCUT2D eigenvalue weighted by Gasteiger charge is -2.24. The molecule has 0 amide bonds. The number of rotatable bonds is 4. The quantitative estimate of drug-likeness (QED) is 0.757. The topological polar surface area (TPSA) is 15.3 Å². The highest BCUT2D eigenvalue weighted by Crippen LogP contribution is 2.22. The van der Waals surface area contributed by atoms with E-state index in [-0.39, 0.29) is 6.42 Å². The van der Waals surface area contributed by atoms with E-state index in [1.807, 2.05) is 0 Å². The highest BCUT2D eigenvalue weighted by Gasteiger charge is 2.25. The maximum Gasteiger partial charge on any atom is 0.389 e. The van der Waals surface area contributed by atoms with Crippen LogP contribution in [-0.4, -0.2) is 43.8 Å². The molecule has 2 nitrogen and oxygen atoms in total. The molecule has 5 heteroatoms. The van der Waals surface area contributed by atoms with Crippen LogP contribution in [0.2, 0.25) is 0 Å². The molecular formula is C11H21F3N2. The summed E-state index contributed by atoms with van der Waals surface area (Å²) in [5, 5.41) is 3.32. The summed E-state index contributed by atoms with van der Waals surface area (Å²) in [5.41, 5.74) is 0. The maximum absolute atomic E-state index is 11.9. The lowest BCUT2D eigenvalue weighted by molar-refractivity contribution is -0.135. The van der Waals surface area contributed by atoms with E-state index in [1.165, 1.54) is 0 Å². The molecule has 96 valence electrons. The molecular weight excluding hydrogens is 217 g/mol. The van der Waals surface area contributed by atoms with Gasteiger partial charge in [0.05, 0.1) is 0 Å². The monoisotopic (exact) mass is 238 g/mol. The minimum Gasteiger partial charge on any atom is -0.317 e. The number of halogens is 3. The SMILES string of the molecule is FC(F)(F)CCCCN1CCCNCCC1. The van der Waals surface area contributed by atoms with Gasteiger partial charge in [0.2, 0.25) is 0 Å². The summed E-state index contributed by atoms with van der Waals surface area (Å²) in [6, 6.07) is 0. The van der Waals surface area contributed by atoms with E-state index in [0.29, 0.717) is 6.42 Å². The number of nitrogens with zero attached hydrogens (tertiary/aromatic N) is 1. The minimum atomic E-state index is -3.99. The van der Waals surface area contributed by atoms with Gasteiger partial charge in [0.25, 0.3) is 0 Å². The first-order valence-electron chi connectivity index (χ1n) is 6.08. The summed E-state index contributed by atoms with van der Waals surface area (Å²) < 4.78 is 35.8. The molecule has 0 aromatic heterocycles. The highest BCUT2D eigenvalue weighted by molar-refractivity contribution is 4.64. The van der Waals surface area contributed by atoms with Crippen LogP contribution in [0.3, 0.4) is 0 Å². The van der Waals surface area contributed by atoms with Crippen LogP contribution in [0.1, 0.15) is 32.1 Å². The standard InChI is InChI=1S/C11H21F3N2/c12-11(13,14)5-1-2-8-16-9-3-6-15-7-4-10-16/h15H,1-10H2. The van der Waals surface area contributed by atoms with Gasteiger partial charge in [-0.1, -0.05) is 0 Å². The minimum absolute atomic E-state index is 0.262. The number of unbranched alkanes of at least 4 members (excludes halogenated alkanes) is 1. The highest BCUT2D eigenvalue weighted by atomic mass is 19.4. The largest absolute Gasteiger partial charge is 0.389 e. The maximum atomic E-state index is 11.9. The molecule has 1 N–H and O–H groups in total. The van der Waals surface area contributed by atoms with Crippen molar-refractivity contribution in [2.75, 3.05) is 32.7 Å². The molecule has 16 heavy (non-hydrogen) atoms. The second-order valence-corrected chi connectivity index (χ2v) is 4.37. The first-order chi connectivity index (χ1) is 7.58. The third-order valence-electron chi connectivity index (χ3n) is 2.84. The number of alkyl halides is 3. The average molecular weight is 238 g/mol. The van der Waals surface area contributed by atoms with E-state index in [9.17, 15) is 13.2 Å². The zero-order valence-corrected chi connectivity index (χ0v) is 9.65. The Hall–Kier alpha value is -0.290. The van der Waals surface area contributed by atoms with Gasteiger partial charge in [-0.05, 0) is 58.4 Å². The summed E-state index contributed by atoms with van der Waals surface area (Å²) in [5.74, 6) is 0. The molecule has 1 aliphatic rings. The molecule has 0 aromatic carbocycles. The summed E-state index contributed by atoms with van der Waals surface area (Å²) in [6.45, 7) is 4.90. The van der Waals surface area contributed by atoms with E-state index in [1.54, 1.807) is 0 Å². The Morgan fingerprint density at radius 1 is 1.00 bits per heavy atom. The van der Waals surface area contributed by atoms with Crippen LogP contribution in [0, 0.1) is 0 Å². The fourth-order valence-corrected chi connectivity index (χ4v) is 1.98. The number of hydrogen-bond acceptors (Lipinski definition) is 2. The normalized spacial score (nSPS) is 20.4. The second-order valence-electron chi connectivity index (χ2n) is 4.37. The van der Waals surface area contributed by atoms with Crippen LogP contribution in [0.15, 0.2) is 0 Å². The summed E-state index contributed by atoms with van der Waals surface area (Å²) in [6.07, 6.45) is -1.51. The van der Waals surface area contributed by atoms with E-state index in [4.69, 9.17) is 0 Å². The van der Waals surface area contributed by atoms with Gasteiger partial charge in [0, 0.05) is 6.42 Å². The predicted molar refractivity (Wildman–Crippen MR) is 58.4 cm³/mol. The molecule has 0 spiro atoms. The zero-order valence-electron chi connectivity index (χ0n) is 9.65. The van der Waals surface area contributed by atoms with Gasteiger partial charge in [0.15, 0.2) is 0 Å². The molecule has 0 unspecified atom stereocenters. The number of hydrogen-bond donors (Lipinski definition) is 1. The molecule has 0 aromatic rings. The van der Waals surface area contributed by atoms with Gasteiger partial charge in [-0.2, -0.15) is 13.2 Å². The third kappa shape index (κ3) is 7.06. The van der Waals surface area contributed by atoms with Crippen LogP contribution in [0.5, 0.6) is 0 Å². The van der Waals surface area contributed by atoms with Crippen molar-refractivity contribution in [1.82, 2.24) is 10.2 Å². The Bertz CT molecular complexity index is 175. The van der Waals surface area contributed by atoms with Crippen molar-refractivity contribution >= 4 is 0 Å². The van der Waals surface area contributed by atoms with Gasteiger partial charge in [-0.15, -0.1) is 0 Å². The summed E-state index contributed by atoms with van der Waals surface area (Å²) >= 11 is 0. The van der Waals surface area contributed by atoms with E-state index in [2.05, 4.69) is 10.2 Å². The molecule has 0 radical (unpaired) electrons. The molecule has 1 fully saturated rings. The van der Waals surface area contributed by atoms with Gasteiger partial charge in [-0.25, -0.2) is 0 Å². The molecule has 1 rings (SSSR count). The van der Waals surface area contributed by atoms with Crippen molar-refractivity contribution in [3.05, 3.63) is 0 Å². The van der Waals surface area contributed by atoms with E-state index < -0.39 is 12.6 Å². The first-order valence-corrected chi connectivity index (χ1v) is 6.08. The fourth-order valence-electron chi connectivity index (χ4n) is 1.98. The predicted octanol–water partition coefficient (Wildman–Crippen LogP) is 2.40. The zero-order chi connectivity index (χ0) is 11.9. The van der Waals surface area contributed by atoms with Crippen molar-refractivity contribution < 1.29 is 13.2 Å². The Balaban J connectivity index is 2.06. The molecule has 0 saturated carbocycles. The van der Waals surface area contributed by atoms with Crippen LogP contribution in [0.25, 0.3) is 0 Å². The Labute approximate surface area is 95.2 Å². The van der Waals surface area contributed by atoms with Gasteiger partial charge >= 0.3 is 6.18 Å². The van der Waals surface area contributed by atoms with Crippen molar-refractivity contribution in [2.45, 2.75) is 38.3 Å². The van der Waals surface area contributed by atoms with Gasteiger partial charge in [0.1, 0.15) is 0 Å². The molecule has 0 bridgehead atoms. The van der Waals surface area contributed by atoms with Crippen molar-refractivity contribution in [3.8, 4) is 0 Å². The van der Waals surface area contributed by atoms with Crippen LogP contribution < -0.4 is 5.32 Å². The average Bonchev–Trinajstić information content (AvgIpc) is 2.13. The van der Waals surface area contributed by atoms with Gasteiger partial charge in [-0.3, -0.25) is 0 Å². The Kier molecular flexibility index (Phi) is 6.13. The molecule has 0 aliphatic carbocycles. The van der Waals surface area contributed by atoms with Crippen molar-refractivity contribution in [2.24, 2.45) is 0 Å². The van der Waals surface area contributed by atoms with E-state index >= 15 is 0 Å². The van der Waals surface area contributed by atoms with Gasteiger partial charge < -0.3 is 10.2 Å². The van der Waals surface area contributed by atoms with Crippen LogP contribution >= 0.6 is 0 Å². The van der Waals surface area contributed by atoms with Crippen molar-refractivity contribution in [3.63, 3.8) is 0 Å². The summed E-state index contributed by atoms with van der Waals surface area (Å²) in [7, 11) is 0. The fraction of sp³-hybridized carbons (Fsp3) is 1.00. The second kappa shape index (κ2) is 7.12. The molecule has 0 atom stereocenters.